The molecule has 0 saturated carbocycles. The first kappa shape index (κ1) is 22.3. The Hall–Kier alpha value is -3.89. The summed E-state index contributed by atoms with van der Waals surface area (Å²) in [6, 6.07) is 3.40. The quantitative estimate of drug-likeness (QED) is 0.583. The van der Waals surface area contributed by atoms with Crippen LogP contribution in [0, 0.1) is 0 Å². The van der Waals surface area contributed by atoms with Gasteiger partial charge in [-0.05, 0) is 19.4 Å². The van der Waals surface area contributed by atoms with Gasteiger partial charge >= 0.3 is 6.09 Å². The molecule has 3 heterocycles. The number of rotatable bonds is 6. The summed E-state index contributed by atoms with van der Waals surface area (Å²) in [6.45, 7) is 5.73. The van der Waals surface area contributed by atoms with Crippen LogP contribution in [-0.2, 0) is 7.05 Å². The lowest BCUT2D eigenvalue weighted by Crippen LogP contribution is -2.55. The molecular weight excluding hydrogens is 426 g/mol. The van der Waals surface area contributed by atoms with Crippen LogP contribution in [0.4, 0.5) is 16.4 Å². The van der Waals surface area contributed by atoms with Gasteiger partial charge in [0.05, 0.1) is 36.1 Å². The molecule has 0 unspecified atom stereocenters. The van der Waals surface area contributed by atoms with E-state index in [1.807, 2.05) is 32.0 Å². The van der Waals surface area contributed by atoms with Crippen molar-refractivity contribution in [3.63, 3.8) is 0 Å². The van der Waals surface area contributed by atoms with Gasteiger partial charge < -0.3 is 25.0 Å². The van der Waals surface area contributed by atoms with E-state index in [9.17, 15) is 14.7 Å². The van der Waals surface area contributed by atoms with Crippen LogP contribution in [-0.4, -0.2) is 74.0 Å². The topological polar surface area (TPSA) is 126 Å². The maximum atomic E-state index is 13.0. The lowest BCUT2D eigenvalue weighted by atomic mass is 10.1. The molecule has 2 N–H and O–H groups in total. The van der Waals surface area contributed by atoms with E-state index in [1.165, 1.54) is 11.1 Å². The molecule has 1 aliphatic heterocycles. The fraction of sp³-hybridized carbons (Fsp3) is 0.409. The van der Waals surface area contributed by atoms with Gasteiger partial charge in [0, 0.05) is 44.3 Å². The molecule has 174 valence electrons. The van der Waals surface area contributed by atoms with E-state index < -0.39 is 6.09 Å². The van der Waals surface area contributed by atoms with Crippen molar-refractivity contribution in [3.8, 4) is 5.75 Å². The summed E-state index contributed by atoms with van der Waals surface area (Å²) < 4.78 is 7.35. The van der Waals surface area contributed by atoms with Crippen LogP contribution in [0.15, 0.2) is 30.7 Å². The highest BCUT2D eigenvalue weighted by Crippen LogP contribution is 2.26. The number of carbonyl (C=O) groups excluding carboxylic acids is 1. The third-order valence-electron chi connectivity index (χ3n) is 5.67. The standard InChI is InChI=1S/C22H27N7O4/c1-4-15-13-28(6-7-29(15)22(31)32)20-11-23-19(10-24-20)25-21(30)16-8-14-12-27(3)26-17(14)9-18(16)33-5-2/h8-12,15H,4-7,13H2,1-3H3,(H,31,32)(H,23,25,30)/t15-/m0/s1. The maximum Gasteiger partial charge on any atom is 0.407 e. The third-order valence-corrected chi connectivity index (χ3v) is 5.67. The van der Waals surface area contributed by atoms with Crippen molar-refractivity contribution in [2.24, 2.45) is 7.05 Å². The molecule has 4 rings (SSSR count). The highest BCUT2D eigenvalue weighted by Gasteiger charge is 2.29. The van der Waals surface area contributed by atoms with Crippen LogP contribution in [0.2, 0.25) is 0 Å². The van der Waals surface area contributed by atoms with Crippen molar-refractivity contribution in [3.05, 3.63) is 36.3 Å². The Morgan fingerprint density at radius 1 is 1.21 bits per heavy atom. The highest BCUT2D eigenvalue weighted by atomic mass is 16.5. The predicted octanol–water partition coefficient (Wildman–Crippen LogP) is 2.59. The Morgan fingerprint density at radius 3 is 2.70 bits per heavy atom. The van der Waals surface area contributed by atoms with Gasteiger partial charge in [0.15, 0.2) is 5.82 Å². The third kappa shape index (κ3) is 4.66. The zero-order valence-electron chi connectivity index (χ0n) is 18.9. The van der Waals surface area contributed by atoms with E-state index in [4.69, 9.17) is 4.74 Å². The molecule has 1 aromatic carbocycles. The van der Waals surface area contributed by atoms with Crippen molar-refractivity contribution in [2.45, 2.75) is 26.3 Å². The molecule has 0 spiro atoms. The highest BCUT2D eigenvalue weighted by molar-refractivity contribution is 6.08. The van der Waals surface area contributed by atoms with E-state index in [2.05, 4.69) is 20.4 Å². The van der Waals surface area contributed by atoms with Gasteiger partial charge in [-0.15, -0.1) is 0 Å². The Labute approximate surface area is 191 Å². The molecule has 0 bridgehead atoms. The number of ether oxygens (including phenoxy) is 1. The minimum atomic E-state index is -0.901. The van der Waals surface area contributed by atoms with E-state index in [0.29, 0.717) is 55.6 Å². The largest absolute Gasteiger partial charge is 0.493 e. The summed E-state index contributed by atoms with van der Waals surface area (Å²) in [7, 11) is 1.82. The summed E-state index contributed by atoms with van der Waals surface area (Å²) in [6.07, 6.45) is 4.74. The van der Waals surface area contributed by atoms with Gasteiger partial charge in [0.25, 0.3) is 5.91 Å². The average Bonchev–Trinajstić information content (AvgIpc) is 3.17. The first-order chi connectivity index (χ1) is 15.9. The molecule has 0 aliphatic carbocycles. The van der Waals surface area contributed by atoms with E-state index in [-0.39, 0.29) is 11.9 Å². The number of nitrogens with one attached hydrogen (secondary N) is 1. The minimum absolute atomic E-state index is 0.100. The molecule has 3 aromatic rings. The van der Waals surface area contributed by atoms with E-state index >= 15 is 0 Å². The number of anilines is 2. The van der Waals surface area contributed by atoms with Crippen LogP contribution in [0.25, 0.3) is 10.9 Å². The van der Waals surface area contributed by atoms with Crippen molar-refractivity contribution in [1.29, 1.82) is 0 Å². The van der Waals surface area contributed by atoms with Crippen LogP contribution >= 0.6 is 0 Å². The van der Waals surface area contributed by atoms with Crippen molar-refractivity contribution in [1.82, 2.24) is 24.6 Å². The SMILES string of the molecule is CCOc1cc2nn(C)cc2cc1C(=O)Nc1cnc(N2CCN(C(=O)O)[C@@H](CC)C2)cn1. The number of benzene rings is 1. The smallest absolute Gasteiger partial charge is 0.407 e. The Bertz CT molecular complexity index is 1160. The lowest BCUT2D eigenvalue weighted by Gasteiger charge is -2.40. The molecule has 11 heteroatoms. The lowest BCUT2D eigenvalue weighted by molar-refractivity contribution is 0.102. The number of carboxylic acid groups (broad SMARTS) is 1. The number of piperazine rings is 1. The number of hydrogen-bond donors (Lipinski definition) is 2. The van der Waals surface area contributed by atoms with Gasteiger partial charge in [0.2, 0.25) is 0 Å². The van der Waals surface area contributed by atoms with Crippen molar-refractivity contribution < 1.29 is 19.4 Å². The molecule has 33 heavy (non-hydrogen) atoms. The molecule has 0 radical (unpaired) electrons. The Balaban J connectivity index is 1.49. The van der Waals surface area contributed by atoms with Gasteiger partial charge in [0.1, 0.15) is 11.6 Å². The van der Waals surface area contributed by atoms with Crippen molar-refractivity contribution >= 4 is 34.5 Å². The Kier molecular flexibility index (Phi) is 6.29. The minimum Gasteiger partial charge on any atom is -0.493 e. The second-order valence-corrected chi connectivity index (χ2v) is 7.84. The summed E-state index contributed by atoms with van der Waals surface area (Å²) >= 11 is 0. The molecule has 1 aliphatic rings. The molecule has 11 nitrogen and oxygen atoms in total. The molecule has 1 fully saturated rings. The first-order valence-corrected chi connectivity index (χ1v) is 10.9. The zero-order valence-corrected chi connectivity index (χ0v) is 18.9. The summed E-state index contributed by atoms with van der Waals surface area (Å²) in [5.74, 6) is 1.05. The summed E-state index contributed by atoms with van der Waals surface area (Å²) in [5, 5.41) is 17.3. The molecule has 2 amide bonds. The van der Waals surface area contributed by atoms with Gasteiger partial charge in [-0.1, -0.05) is 6.92 Å². The Morgan fingerprint density at radius 2 is 2.03 bits per heavy atom. The molecule has 1 saturated heterocycles. The fourth-order valence-corrected chi connectivity index (χ4v) is 4.03. The van der Waals surface area contributed by atoms with Gasteiger partial charge in [-0.3, -0.25) is 9.48 Å². The van der Waals surface area contributed by atoms with Crippen LogP contribution in [0.5, 0.6) is 5.75 Å². The predicted molar refractivity (Wildman–Crippen MR) is 123 cm³/mol. The number of carbonyl (C=O) groups is 2. The molecular formula is C22H27N7O4. The number of amides is 2. The van der Waals surface area contributed by atoms with Gasteiger partial charge in [-0.25, -0.2) is 14.8 Å². The van der Waals surface area contributed by atoms with E-state index in [1.54, 1.807) is 23.0 Å². The number of aryl methyl sites for hydroxylation is 1. The fourth-order valence-electron chi connectivity index (χ4n) is 4.03. The first-order valence-electron chi connectivity index (χ1n) is 10.9. The van der Waals surface area contributed by atoms with E-state index in [0.717, 1.165) is 10.9 Å². The molecule has 2 aromatic heterocycles. The number of nitrogens with zero attached hydrogens (tertiary/aromatic N) is 6. The average molecular weight is 454 g/mol. The summed E-state index contributed by atoms with van der Waals surface area (Å²) in [4.78, 5) is 36.6. The monoisotopic (exact) mass is 453 g/mol. The van der Waals surface area contributed by atoms with Crippen LogP contribution < -0.4 is 15.0 Å². The number of aromatic nitrogens is 4. The second-order valence-electron chi connectivity index (χ2n) is 7.84. The second kappa shape index (κ2) is 9.31. The van der Waals surface area contributed by atoms with Crippen molar-refractivity contribution in [2.75, 3.05) is 36.5 Å². The van der Waals surface area contributed by atoms with Crippen LogP contribution in [0.1, 0.15) is 30.6 Å². The van der Waals surface area contributed by atoms with Gasteiger partial charge in [-0.2, -0.15) is 5.10 Å². The normalized spacial score (nSPS) is 16.2. The number of fused-ring (bicyclic) bond motifs is 1. The summed E-state index contributed by atoms with van der Waals surface area (Å²) in [5.41, 5.74) is 1.13. The maximum absolute atomic E-state index is 13.0. The molecule has 1 atom stereocenters. The van der Waals surface area contributed by atoms with Crippen LogP contribution in [0.3, 0.4) is 0 Å². The zero-order chi connectivity index (χ0) is 23.5. The number of hydrogen-bond acceptors (Lipinski definition) is 7.